The Bertz CT molecular complexity index is 641. The van der Waals surface area contributed by atoms with E-state index in [1.165, 1.54) is 11.1 Å². The van der Waals surface area contributed by atoms with Crippen LogP contribution < -0.4 is 20.5 Å². The number of nitrogen functional groups attached to an aromatic ring is 1. The monoisotopic (exact) mass is 284 g/mol. The van der Waals surface area contributed by atoms with E-state index < -0.39 is 0 Å². The van der Waals surface area contributed by atoms with Crippen molar-refractivity contribution < 1.29 is 9.47 Å². The van der Waals surface area contributed by atoms with Crippen molar-refractivity contribution in [2.24, 2.45) is 0 Å². The number of benzene rings is 2. The molecule has 0 bridgehead atoms. The molecule has 1 aliphatic heterocycles. The zero-order chi connectivity index (χ0) is 14.7. The van der Waals surface area contributed by atoms with Crippen molar-refractivity contribution in [3.63, 3.8) is 0 Å². The van der Waals surface area contributed by atoms with Crippen LogP contribution in [0.3, 0.4) is 0 Å². The predicted molar refractivity (Wildman–Crippen MR) is 85.2 cm³/mol. The summed E-state index contributed by atoms with van der Waals surface area (Å²) in [6.07, 6.45) is 0.954. The molecule has 0 radical (unpaired) electrons. The lowest BCUT2D eigenvalue weighted by atomic mass is 10.1. The first-order valence-corrected chi connectivity index (χ1v) is 7.21. The van der Waals surface area contributed by atoms with Crippen LogP contribution in [0.2, 0.25) is 0 Å². The largest absolute Gasteiger partial charge is 0.486 e. The van der Waals surface area contributed by atoms with Gasteiger partial charge in [-0.1, -0.05) is 29.8 Å². The molecule has 4 heteroatoms. The molecular formula is C17H20N2O2. The smallest absolute Gasteiger partial charge is 0.163 e. The first kappa shape index (κ1) is 13.6. The SMILES string of the molecule is Cc1cccc(CCNc2cc3c(cc2N)OCCO3)c1. The normalized spacial score (nSPS) is 13.0. The summed E-state index contributed by atoms with van der Waals surface area (Å²) in [5, 5.41) is 3.37. The van der Waals surface area contributed by atoms with Crippen LogP contribution in [0.1, 0.15) is 11.1 Å². The number of hydrogen-bond acceptors (Lipinski definition) is 4. The van der Waals surface area contributed by atoms with Gasteiger partial charge < -0.3 is 20.5 Å². The van der Waals surface area contributed by atoms with E-state index in [1.54, 1.807) is 0 Å². The van der Waals surface area contributed by atoms with Crippen molar-refractivity contribution in [1.82, 2.24) is 0 Å². The molecule has 0 aromatic heterocycles. The predicted octanol–water partition coefficient (Wildman–Crippen LogP) is 3.00. The maximum atomic E-state index is 6.05. The average molecular weight is 284 g/mol. The maximum Gasteiger partial charge on any atom is 0.163 e. The third-order valence-electron chi connectivity index (χ3n) is 3.53. The Kier molecular flexibility index (Phi) is 3.86. The lowest BCUT2D eigenvalue weighted by molar-refractivity contribution is 0.172. The Morgan fingerprint density at radius 1 is 1.10 bits per heavy atom. The van der Waals surface area contributed by atoms with Crippen LogP contribution in [0.15, 0.2) is 36.4 Å². The summed E-state index contributed by atoms with van der Waals surface area (Å²) in [5.41, 5.74) is 10.2. The Hall–Kier alpha value is -2.36. The third-order valence-corrected chi connectivity index (χ3v) is 3.53. The molecule has 2 aromatic rings. The number of nitrogens with one attached hydrogen (secondary N) is 1. The quantitative estimate of drug-likeness (QED) is 0.847. The summed E-state index contributed by atoms with van der Waals surface area (Å²) in [7, 11) is 0. The maximum absolute atomic E-state index is 6.05. The van der Waals surface area contributed by atoms with E-state index in [9.17, 15) is 0 Å². The highest BCUT2D eigenvalue weighted by molar-refractivity contribution is 5.72. The molecule has 21 heavy (non-hydrogen) atoms. The number of fused-ring (bicyclic) bond motifs is 1. The number of rotatable bonds is 4. The van der Waals surface area contributed by atoms with Crippen LogP contribution in [0.25, 0.3) is 0 Å². The molecular weight excluding hydrogens is 264 g/mol. The fraction of sp³-hybridized carbons (Fsp3) is 0.294. The van der Waals surface area contributed by atoms with Crippen LogP contribution in [-0.4, -0.2) is 19.8 Å². The lowest BCUT2D eigenvalue weighted by Crippen LogP contribution is -2.16. The molecule has 0 atom stereocenters. The Morgan fingerprint density at radius 2 is 1.86 bits per heavy atom. The van der Waals surface area contributed by atoms with Gasteiger partial charge in [0, 0.05) is 18.7 Å². The van der Waals surface area contributed by atoms with Gasteiger partial charge in [-0.3, -0.25) is 0 Å². The average Bonchev–Trinajstić information content (AvgIpc) is 2.48. The van der Waals surface area contributed by atoms with Gasteiger partial charge in [-0.15, -0.1) is 0 Å². The second-order valence-electron chi connectivity index (χ2n) is 5.25. The fourth-order valence-electron chi connectivity index (χ4n) is 2.47. The minimum Gasteiger partial charge on any atom is -0.486 e. The van der Waals surface area contributed by atoms with E-state index in [0.29, 0.717) is 18.9 Å². The van der Waals surface area contributed by atoms with Crippen molar-refractivity contribution in [3.8, 4) is 11.5 Å². The van der Waals surface area contributed by atoms with Crippen molar-refractivity contribution in [1.29, 1.82) is 0 Å². The number of aryl methyl sites for hydroxylation is 1. The highest BCUT2D eigenvalue weighted by atomic mass is 16.6. The highest BCUT2D eigenvalue weighted by Crippen LogP contribution is 2.36. The second-order valence-corrected chi connectivity index (χ2v) is 5.25. The van der Waals surface area contributed by atoms with E-state index in [2.05, 4.69) is 36.5 Å². The zero-order valence-corrected chi connectivity index (χ0v) is 12.2. The van der Waals surface area contributed by atoms with Gasteiger partial charge in [0.1, 0.15) is 13.2 Å². The fourth-order valence-corrected chi connectivity index (χ4v) is 2.47. The van der Waals surface area contributed by atoms with Gasteiger partial charge in [0.2, 0.25) is 0 Å². The standard InChI is InChI=1S/C17H20N2O2/c1-12-3-2-4-13(9-12)5-6-19-15-11-17-16(10-14(15)18)20-7-8-21-17/h2-4,9-11,19H,5-8,18H2,1H3. The molecule has 0 fully saturated rings. The number of hydrogen-bond donors (Lipinski definition) is 2. The molecule has 3 N–H and O–H groups in total. The number of nitrogens with two attached hydrogens (primary N) is 1. The van der Waals surface area contributed by atoms with Gasteiger partial charge in [0.25, 0.3) is 0 Å². The third kappa shape index (κ3) is 3.21. The van der Waals surface area contributed by atoms with Crippen LogP contribution in [0.4, 0.5) is 11.4 Å². The van der Waals surface area contributed by atoms with Crippen LogP contribution in [0, 0.1) is 6.92 Å². The number of ether oxygens (including phenoxy) is 2. The highest BCUT2D eigenvalue weighted by Gasteiger charge is 2.14. The summed E-state index contributed by atoms with van der Waals surface area (Å²) >= 11 is 0. The van der Waals surface area contributed by atoms with E-state index in [-0.39, 0.29) is 0 Å². The molecule has 1 aliphatic rings. The van der Waals surface area contributed by atoms with E-state index in [0.717, 1.165) is 30.2 Å². The van der Waals surface area contributed by atoms with E-state index in [4.69, 9.17) is 15.2 Å². The summed E-state index contributed by atoms with van der Waals surface area (Å²) < 4.78 is 11.1. The summed E-state index contributed by atoms with van der Waals surface area (Å²) in [5.74, 6) is 1.48. The number of anilines is 2. The minimum atomic E-state index is 0.576. The van der Waals surface area contributed by atoms with Crippen molar-refractivity contribution >= 4 is 11.4 Å². The summed E-state index contributed by atoms with van der Waals surface area (Å²) in [6, 6.07) is 12.3. The summed E-state index contributed by atoms with van der Waals surface area (Å²) in [6.45, 7) is 4.09. The molecule has 1 heterocycles. The topological polar surface area (TPSA) is 56.5 Å². The Balaban J connectivity index is 1.65. The van der Waals surface area contributed by atoms with Gasteiger partial charge in [-0.2, -0.15) is 0 Å². The molecule has 2 aromatic carbocycles. The van der Waals surface area contributed by atoms with Gasteiger partial charge >= 0.3 is 0 Å². The molecule has 0 saturated carbocycles. The van der Waals surface area contributed by atoms with Gasteiger partial charge in [-0.05, 0) is 18.9 Å². The van der Waals surface area contributed by atoms with Crippen molar-refractivity contribution in [3.05, 3.63) is 47.5 Å². The molecule has 0 spiro atoms. The van der Waals surface area contributed by atoms with Gasteiger partial charge in [-0.25, -0.2) is 0 Å². The summed E-state index contributed by atoms with van der Waals surface area (Å²) in [4.78, 5) is 0. The van der Waals surface area contributed by atoms with Gasteiger partial charge in [0.05, 0.1) is 11.4 Å². The van der Waals surface area contributed by atoms with E-state index in [1.807, 2.05) is 12.1 Å². The van der Waals surface area contributed by atoms with Gasteiger partial charge in [0.15, 0.2) is 11.5 Å². The van der Waals surface area contributed by atoms with Crippen LogP contribution in [0.5, 0.6) is 11.5 Å². The lowest BCUT2D eigenvalue weighted by Gasteiger charge is -2.20. The first-order valence-electron chi connectivity index (χ1n) is 7.21. The van der Waals surface area contributed by atoms with Crippen molar-refractivity contribution in [2.45, 2.75) is 13.3 Å². The molecule has 3 rings (SSSR count). The van der Waals surface area contributed by atoms with Crippen LogP contribution >= 0.6 is 0 Å². The second kappa shape index (κ2) is 5.95. The Labute approximate surface area is 124 Å². The molecule has 0 amide bonds. The first-order chi connectivity index (χ1) is 10.2. The Morgan fingerprint density at radius 3 is 2.62 bits per heavy atom. The van der Waals surface area contributed by atoms with E-state index >= 15 is 0 Å². The molecule has 110 valence electrons. The zero-order valence-electron chi connectivity index (χ0n) is 12.2. The molecule has 4 nitrogen and oxygen atoms in total. The van der Waals surface area contributed by atoms with Crippen LogP contribution in [-0.2, 0) is 6.42 Å². The molecule has 0 aliphatic carbocycles. The molecule has 0 unspecified atom stereocenters. The minimum absolute atomic E-state index is 0.576. The van der Waals surface area contributed by atoms with Crippen molar-refractivity contribution in [2.75, 3.05) is 30.8 Å². The molecule has 0 saturated heterocycles.